The number of halogens is 1. The molecule has 1 aliphatic heterocycles. The molecule has 7 nitrogen and oxygen atoms in total. The van der Waals surface area contributed by atoms with Gasteiger partial charge in [0.2, 0.25) is 0 Å². The van der Waals surface area contributed by atoms with E-state index in [0.29, 0.717) is 42.2 Å². The van der Waals surface area contributed by atoms with Crippen molar-refractivity contribution in [1.29, 1.82) is 5.26 Å². The smallest absolute Gasteiger partial charge is 0.145 e. The molecule has 32 heavy (non-hydrogen) atoms. The van der Waals surface area contributed by atoms with Crippen LogP contribution in [0.25, 0.3) is 21.8 Å². The van der Waals surface area contributed by atoms with Crippen LogP contribution in [0.5, 0.6) is 0 Å². The van der Waals surface area contributed by atoms with Crippen molar-refractivity contribution in [2.24, 2.45) is 0 Å². The highest BCUT2D eigenvalue weighted by Gasteiger charge is 2.23. The van der Waals surface area contributed by atoms with Crippen LogP contribution in [0.4, 0.5) is 15.9 Å². The number of pyridine rings is 1. The minimum Gasteiger partial charge on any atom is -0.383 e. The van der Waals surface area contributed by atoms with Gasteiger partial charge < -0.3 is 10.6 Å². The molecule has 8 heteroatoms. The number of nitriles is 1. The van der Waals surface area contributed by atoms with E-state index in [0.717, 1.165) is 40.8 Å². The van der Waals surface area contributed by atoms with E-state index in [9.17, 15) is 9.65 Å². The fraction of sp³-hybridized carbons (Fsp3) is 0.250. The Labute approximate surface area is 184 Å². The molecule has 0 unspecified atom stereocenters. The van der Waals surface area contributed by atoms with Gasteiger partial charge in [0.05, 0.1) is 28.8 Å². The Morgan fingerprint density at radius 2 is 1.88 bits per heavy atom. The normalized spacial score (nSPS) is 14.7. The number of para-hydroxylation sites is 1. The minimum absolute atomic E-state index is 0.321. The number of hydrogen-bond acceptors (Lipinski definition) is 7. The molecule has 1 fully saturated rings. The molecule has 2 aromatic heterocycles. The van der Waals surface area contributed by atoms with Gasteiger partial charge in [-0.05, 0) is 36.8 Å². The number of anilines is 2. The van der Waals surface area contributed by atoms with E-state index < -0.39 is 0 Å². The summed E-state index contributed by atoms with van der Waals surface area (Å²) in [6, 6.07) is 12.9. The van der Waals surface area contributed by atoms with E-state index in [1.807, 2.05) is 31.2 Å². The maximum Gasteiger partial charge on any atom is 0.145 e. The summed E-state index contributed by atoms with van der Waals surface area (Å²) < 4.78 is 14.2. The predicted molar refractivity (Wildman–Crippen MR) is 123 cm³/mol. The highest BCUT2D eigenvalue weighted by atomic mass is 19.1. The van der Waals surface area contributed by atoms with Gasteiger partial charge in [0.15, 0.2) is 0 Å². The molecule has 4 aromatic rings. The molecule has 1 saturated heterocycles. The van der Waals surface area contributed by atoms with Gasteiger partial charge in [0.25, 0.3) is 0 Å². The average Bonchev–Trinajstić information content (AvgIpc) is 2.79. The Morgan fingerprint density at radius 3 is 2.66 bits per heavy atom. The first kappa shape index (κ1) is 20.1. The lowest BCUT2D eigenvalue weighted by Gasteiger charge is -2.36. The lowest BCUT2D eigenvalue weighted by molar-refractivity contribution is 0.244. The van der Waals surface area contributed by atoms with Crippen molar-refractivity contribution >= 4 is 33.3 Å². The predicted octanol–water partition coefficient (Wildman–Crippen LogP) is 3.40. The molecule has 2 N–H and O–H groups in total. The van der Waals surface area contributed by atoms with Crippen LogP contribution >= 0.6 is 0 Å². The second kappa shape index (κ2) is 8.02. The summed E-state index contributed by atoms with van der Waals surface area (Å²) in [6.45, 7) is 5.36. The van der Waals surface area contributed by atoms with Crippen LogP contribution in [-0.4, -0.2) is 46.0 Å². The monoisotopic (exact) mass is 427 g/mol. The zero-order valence-electron chi connectivity index (χ0n) is 17.7. The maximum absolute atomic E-state index is 14.2. The number of rotatable bonds is 3. The summed E-state index contributed by atoms with van der Waals surface area (Å²) in [7, 11) is 0. The zero-order chi connectivity index (χ0) is 22.2. The first-order chi connectivity index (χ1) is 15.5. The van der Waals surface area contributed by atoms with Crippen LogP contribution in [0.1, 0.15) is 17.0 Å². The zero-order valence-corrected chi connectivity index (χ0v) is 17.7. The number of aryl methyl sites for hydroxylation is 1. The Morgan fingerprint density at radius 1 is 1.09 bits per heavy atom. The van der Waals surface area contributed by atoms with Crippen molar-refractivity contribution in [3.8, 4) is 6.07 Å². The molecule has 0 saturated carbocycles. The Balaban J connectivity index is 1.39. The Hall–Kier alpha value is -3.83. The standard InChI is InChI=1S/C24H22FN7/c1-15-10-17(25)11-19-22(15)28-13-16(12-26)23(19)32-8-6-31(7-9-32)14-21-29-20-5-3-2-4-18(20)24(27)30-21/h2-5,10-11,13H,6-9,14H2,1H3,(H2,27,29,30). The molecule has 0 aliphatic carbocycles. The van der Waals surface area contributed by atoms with E-state index in [1.165, 1.54) is 12.1 Å². The second-order valence-electron chi connectivity index (χ2n) is 8.06. The topological polar surface area (TPSA) is 95.0 Å². The highest BCUT2D eigenvalue weighted by Crippen LogP contribution is 2.32. The highest BCUT2D eigenvalue weighted by molar-refractivity contribution is 5.96. The van der Waals surface area contributed by atoms with Gasteiger partial charge in [-0.2, -0.15) is 5.26 Å². The van der Waals surface area contributed by atoms with Crippen molar-refractivity contribution < 1.29 is 4.39 Å². The van der Waals surface area contributed by atoms with Crippen molar-refractivity contribution in [2.75, 3.05) is 36.8 Å². The van der Waals surface area contributed by atoms with Crippen LogP contribution in [0.3, 0.4) is 0 Å². The van der Waals surface area contributed by atoms with Gasteiger partial charge in [-0.15, -0.1) is 0 Å². The van der Waals surface area contributed by atoms with Crippen molar-refractivity contribution in [1.82, 2.24) is 19.9 Å². The molecule has 0 radical (unpaired) electrons. The summed E-state index contributed by atoms with van der Waals surface area (Å²) in [6.07, 6.45) is 1.58. The van der Waals surface area contributed by atoms with Crippen LogP contribution < -0.4 is 10.6 Å². The molecule has 0 amide bonds. The van der Waals surface area contributed by atoms with Gasteiger partial charge in [-0.3, -0.25) is 9.88 Å². The van der Waals surface area contributed by atoms with Gasteiger partial charge in [0.1, 0.15) is 23.5 Å². The van der Waals surface area contributed by atoms with Crippen molar-refractivity contribution in [2.45, 2.75) is 13.5 Å². The molecule has 1 aliphatic rings. The Kier molecular flexibility index (Phi) is 5.04. The fourth-order valence-electron chi connectivity index (χ4n) is 4.40. The summed E-state index contributed by atoms with van der Waals surface area (Å²) >= 11 is 0. The molecule has 0 atom stereocenters. The van der Waals surface area contributed by atoms with E-state index in [4.69, 9.17) is 5.73 Å². The van der Waals surface area contributed by atoms with E-state index in [2.05, 4.69) is 30.8 Å². The van der Waals surface area contributed by atoms with Gasteiger partial charge in [0, 0.05) is 43.1 Å². The number of benzene rings is 2. The first-order valence-corrected chi connectivity index (χ1v) is 10.5. The van der Waals surface area contributed by atoms with Gasteiger partial charge >= 0.3 is 0 Å². The van der Waals surface area contributed by atoms with E-state index in [-0.39, 0.29) is 5.82 Å². The molecular weight excluding hydrogens is 405 g/mol. The average molecular weight is 427 g/mol. The van der Waals surface area contributed by atoms with Crippen LogP contribution in [-0.2, 0) is 6.54 Å². The summed E-state index contributed by atoms with van der Waals surface area (Å²) in [5, 5.41) is 11.2. The van der Waals surface area contributed by atoms with Crippen LogP contribution in [0, 0.1) is 24.1 Å². The molecule has 160 valence electrons. The van der Waals surface area contributed by atoms with Gasteiger partial charge in [-0.25, -0.2) is 14.4 Å². The molecular formula is C24H22FN7. The van der Waals surface area contributed by atoms with Crippen LogP contribution in [0.15, 0.2) is 42.6 Å². The maximum atomic E-state index is 14.2. The van der Waals surface area contributed by atoms with Gasteiger partial charge in [-0.1, -0.05) is 12.1 Å². The van der Waals surface area contributed by atoms with Crippen molar-refractivity contribution in [3.05, 3.63) is 65.4 Å². The third kappa shape index (κ3) is 3.57. The first-order valence-electron chi connectivity index (χ1n) is 10.5. The third-order valence-electron chi connectivity index (χ3n) is 5.95. The van der Waals surface area contributed by atoms with E-state index >= 15 is 0 Å². The second-order valence-corrected chi connectivity index (χ2v) is 8.06. The lowest BCUT2D eigenvalue weighted by Crippen LogP contribution is -2.46. The number of aromatic nitrogens is 3. The summed E-state index contributed by atoms with van der Waals surface area (Å²) in [4.78, 5) is 17.9. The molecule has 5 rings (SSSR count). The number of nitrogen functional groups attached to an aromatic ring is 1. The number of nitrogens with two attached hydrogens (primary N) is 1. The largest absolute Gasteiger partial charge is 0.383 e. The van der Waals surface area contributed by atoms with Crippen LogP contribution in [0.2, 0.25) is 0 Å². The van der Waals surface area contributed by atoms with E-state index in [1.54, 1.807) is 6.20 Å². The fourth-order valence-corrected chi connectivity index (χ4v) is 4.40. The number of fused-ring (bicyclic) bond motifs is 2. The van der Waals surface area contributed by atoms with Crippen molar-refractivity contribution in [3.63, 3.8) is 0 Å². The molecule has 0 bridgehead atoms. The number of nitrogens with zero attached hydrogens (tertiary/aromatic N) is 6. The molecule has 3 heterocycles. The number of piperazine rings is 1. The lowest BCUT2D eigenvalue weighted by atomic mass is 10.0. The molecule has 0 spiro atoms. The Bertz CT molecular complexity index is 1370. The third-order valence-corrected chi connectivity index (χ3v) is 5.95. The SMILES string of the molecule is Cc1cc(F)cc2c(N3CCN(Cc4nc(N)c5ccccc5n4)CC3)c(C#N)cnc12. The summed E-state index contributed by atoms with van der Waals surface area (Å²) in [5.41, 5.74) is 9.66. The minimum atomic E-state index is -0.321. The molecule has 2 aromatic carbocycles. The summed E-state index contributed by atoms with van der Waals surface area (Å²) in [5.74, 6) is 0.862. The number of hydrogen-bond donors (Lipinski definition) is 1. The quantitative estimate of drug-likeness (QED) is 0.535.